The second kappa shape index (κ2) is 6.76. The van der Waals surface area contributed by atoms with Crippen LogP contribution in [0.15, 0.2) is 59.6 Å². The number of aromatic nitrogens is 1. The molecule has 1 N–H and O–H groups in total. The van der Waals surface area contributed by atoms with Crippen molar-refractivity contribution < 1.29 is 18.3 Å². The molecule has 0 fully saturated rings. The number of hydrogen-bond donors (Lipinski definition) is 1. The zero-order chi connectivity index (χ0) is 18.9. The third-order valence-corrected chi connectivity index (χ3v) is 6.08. The fraction of sp³-hybridized carbons (Fsp3) is 0.158. The third kappa shape index (κ3) is 3.13. The fourth-order valence-corrected chi connectivity index (χ4v) is 4.47. The Labute approximate surface area is 151 Å². The Hall–Kier alpha value is -2.93. The molecule has 134 valence electrons. The summed E-state index contributed by atoms with van der Waals surface area (Å²) in [6, 6.07) is 13.5. The van der Waals surface area contributed by atoms with Gasteiger partial charge in [0, 0.05) is 11.6 Å². The van der Waals surface area contributed by atoms with Crippen molar-refractivity contribution in [3.05, 3.63) is 65.9 Å². The van der Waals surface area contributed by atoms with Gasteiger partial charge in [-0.3, -0.25) is 14.1 Å². The number of fused-ring (bicyclic) bond motifs is 1. The highest BCUT2D eigenvalue weighted by atomic mass is 32.2. The van der Waals surface area contributed by atoms with E-state index in [1.54, 1.807) is 43.3 Å². The molecule has 26 heavy (non-hydrogen) atoms. The first-order valence-electron chi connectivity index (χ1n) is 7.97. The van der Waals surface area contributed by atoms with Crippen LogP contribution >= 0.6 is 0 Å². The summed E-state index contributed by atoms with van der Waals surface area (Å²) in [4.78, 5) is 15.6. The van der Waals surface area contributed by atoms with Crippen LogP contribution in [0.2, 0.25) is 0 Å². The molecule has 0 unspecified atom stereocenters. The largest absolute Gasteiger partial charge is 0.480 e. The van der Waals surface area contributed by atoms with E-state index in [1.807, 2.05) is 13.0 Å². The highest BCUT2D eigenvalue weighted by molar-refractivity contribution is 7.93. The van der Waals surface area contributed by atoms with Crippen molar-refractivity contribution in [1.82, 2.24) is 4.98 Å². The van der Waals surface area contributed by atoms with Gasteiger partial charge in [0.2, 0.25) is 0 Å². The summed E-state index contributed by atoms with van der Waals surface area (Å²) in [6.07, 6.45) is 1.51. The number of rotatable bonds is 5. The van der Waals surface area contributed by atoms with Gasteiger partial charge in [-0.05, 0) is 43.2 Å². The first kappa shape index (κ1) is 17.9. The van der Waals surface area contributed by atoms with Gasteiger partial charge in [-0.2, -0.15) is 0 Å². The predicted octanol–water partition coefficient (Wildman–Crippen LogP) is 3.13. The number of carbonyl (C=O) groups is 1. The van der Waals surface area contributed by atoms with Crippen LogP contribution in [-0.4, -0.2) is 31.0 Å². The number of anilines is 1. The minimum Gasteiger partial charge on any atom is -0.480 e. The quantitative estimate of drug-likeness (QED) is 0.745. The molecule has 6 nitrogen and oxygen atoms in total. The van der Waals surface area contributed by atoms with Gasteiger partial charge in [0.25, 0.3) is 10.0 Å². The van der Waals surface area contributed by atoms with E-state index >= 15 is 0 Å². The molecule has 0 aliphatic rings. The van der Waals surface area contributed by atoms with Gasteiger partial charge in [-0.15, -0.1) is 0 Å². The normalized spacial score (nSPS) is 11.5. The Morgan fingerprint density at radius 3 is 2.50 bits per heavy atom. The first-order chi connectivity index (χ1) is 12.3. The molecular formula is C19H18N2O4S. The number of carboxylic acid groups (broad SMARTS) is 1. The predicted molar refractivity (Wildman–Crippen MR) is 99.8 cm³/mol. The van der Waals surface area contributed by atoms with Crippen molar-refractivity contribution in [2.24, 2.45) is 0 Å². The molecule has 0 bridgehead atoms. The minimum atomic E-state index is -4.13. The van der Waals surface area contributed by atoms with Gasteiger partial charge in [0.1, 0.15) is 11.4 Å². The number of carboxylic acids is 1. The molecule has 0 spiro atoms. The van der Waals surface area contributed by atoms with E-state index in [9.17, 15) is 18.3 Å². The Kier molecular flexibility index (Phi) is 4.65. The summed E-state index contributed by atoms with van der Waals surface area (Å²) in [5, 5.41) is 9.98. The summed E-state index contributed by atoms with van der Waals surface area (Å²) >= 11 is 0. The van der Waals surface area contributed by atoms with E-state index in [1.165, 1.54) is 12.3 Å². The molecule has 0 saturated carbocycles. The molecular weight excluding hydrogens is 352 g/mol. The van der Waals surface area contributed by atoms with Crippen molar-refractivity contribution >= 4 is 32.6 Å². The number of para-hydroxylation sites is 1. The zero-order valence-corrected chi connectivity index (χ0v) is 15.2. The first-order valence-corrected chi connectivity index (χ1v) is 9.41. The van der Waals surface area contributed by atoms with Crippen LogP contribution in [-0.2, 0) is 14.8 Å². The van der Waals surface area contributed by atoms with Gasteiger partial charge >= 0.3 is 5.97 Å². The molecule has 2 aromatic carbocycles. The lowest BCUT2D eigenvalue weighted by molar-refractivity contribution is -0.135. The lowest BCUT2D eigenvalue weighted by Gasteiger charge is -2.25. The topological polar surface area (TPSA) is 87.6 Å². The maximum Gasteiger partial charge on any atom is 0.324 e. The van der Waals surface area contributed by atoms with E-state index in [2.05, 4.69) is 4.98 Å². The summed E-state index contributed by atoms with van der Waals surface area (Å²) in [5.74, 6) is -1.23. The fourth-order valence-electron chi connectivity index (χ4n) is 2.83. The lowest BCUT2D eigenvalue weighted by atomic mass is 10.1. The smallest absolute Gasteiger partial charge is 0.324 e. The number of pyridine rings is 1. The van der Waals surface area contributed by atoms with Crippen LogP contribution in [0.4, 0.5) is 5.69 Å². The van der Waals surface area contributed by atoms with Crippen LogP contribution in [0.3, 0.4) is 0 Å². The third-order valence-electron chi connectivity index (χ3n) is 4.29. The highest BCUT2D eigenvalue weighted by Crippen LogP contribution is 2.30. The van der Waals surface area contributed by atoms with Crippen LogP contribution < -0.4 is 4.31 Å². The minimum absolute atomic E-state index is 0.0160. The highest BCUT2D eigenvalue weighted by Gasteiger charge is 2.30. The van der Waals surface area contributed by atoms with Crippen molar-refractivity contribution in [2.45, 2.75) is 18.7 Å². The van der Waals surface area contributed by atoms with Gasteiger partial charge in [-0.25, -0.2) is 8.42 Å². The Balaban J connectivity index is 2.25. The number of hydrogen-bond acceptors (Lipinski definition) is 4. The van der Waals surface area contributed by atoms with Crippen molar-refractivity contribution in [3.8, 4) is 0 Å². The zero-order valence-electron chi connectivity index (χ0n) is 14.4. The number of nitrogens with zero attached hydrogens (tertiary/aromatic N) is 2. The standard InChI is InChI=1S/C19H18N2O4S/c1-13-6-3-9-16(14(13)2)21(12-18(22)23)26(24,25)17-10-4-7-15-8-5-11-20-19(15)17/h3-11H,12H2,1-2H3,(H,22,23). The molecule has 3 rings (SSSR count). The molecule has 1 heterocycles. The number of aliphatic carboxylic acids is 1. The van der Waals surface area contributed by atoms with Gasteiger partial charge < -0.3 is 5.11 Å². The summed E-state index contributed by atoms with van der Waals surface area (Å²) in [6.45, 7) is 2.95. The van der Waals surface area contributed by atoms with Crippen molar-refractivity contribution in [1.29, 1.82) is 0 Å². The molecule has 0 amide bonds. The Morgan fingerprint density at radius 2 is 1.77 bits per heavy atom. The van der Waals surface area contributed by atoms with E-state index in [0.717, 1.165) is 9.87 Å². The maximum atomic E-state index is 13.4. The van der Waals surface area contributed by atoms with Gasteiger partial charge in [0.05, 0.1) is 11.2 Å². The summed E-state index contributed by atoms with van der Waals surface area (Å²) < 4.78 is 27.7. The molecule has 0 aliphatic carbocycles. The summed E-state index contributed by atoms with van der Waals surface area (Å²) in [7, 11) is -4.13. The van der Waals surface area contributed by atoms with E-state index in [4.69, 9.17) is 0 Å². The second-order valence-electron chi connectivity index (χ2n) is 5.96. The van der Waals surface area contributed by atoms with Gasteiger partial charge in [0.15, 0.2) is 0 Å². The van der Waals surface area contributed by atoms with Crippen molar-refractivity contribution in [2.75, 3.05) is 10.8 Å². The molecule has 0 radical (unpaired) electrons. The molecule has 3 aromatic rings. The van der Waals surface area contributed by atoms with Crippen LogP contribution in [0.1, 0.15) is 11.1 Å². The van der Waals surface area contributed by atoms with E-state index in [-0.39, 0.29) is 4.90 Å². The molecule has 7 heteroatoms. The van der Waals surface area contributed by atoms with Crippen LogP contribution in [0.5, 0.6) is 0 Å². The average Bonchev–Trinajstić information content (AvgIpc) is 2.61. The Bertz CT molecular complexity index is 1090. The molecule has 0 saturated heterocycles. The number of benzene rings is 2. The average molecular weight is 370 g/mol. The Morgan fingerprint density at radius 1 is 1.08 bits per heavy atom. The van der Waals surface area contributed by atoms with Crippen molar-refractivity contribution in [3.63, 3.8) is 0 Å². The van der Waals surface area contributed by atoms with Crippen LogP contribution in [0, 0.1) is 13.8 Å². The van der Waals surface area contributed by atoms with E-state index < -0.39 is 22.5 Å². The molecule has 0 atom stereocenters. The SMILES string of the molecule is Cc1cccc(N(CC(=O)O)S(=O)(=O)c2cccc3cccnc23)c1C. The molecule has 1 aromatic heterocycles. The second-order valence-corrected chi connectivity index (χ2v) is 7.79. The van der Waals surface area contributed by atoms with Crippen LogP contribution in [0.25, 0.3) is 10.9 Å². The lowest BCUT2D eigenvalue weighted by Crippen LogP contribution is -2.36. The molecule has 0 aliphatic heterocycles. The van der Waals surface area contributed by atoms with E-state index in [0.29, 0.717) is 22.2 Å². The maximum absolute atomic E-state index is 13.4. The number of aryl methyl sites for hydroxylation is 1. The number of sulfonamides is 1. The summed E-state index contributed by atoms with van der Waals surface area (Å²) in [5.41, 5.74) is 2.26. The van der Waals surface area contributed by atoms with Gasteiger partial charge in [-0.1, -0.05) is 30.3 Å². The monoisotopic (exact) mass is 370 g/mol.